The average Bonchev–Trinajstić information content (AvgIpc) is 3.17. The van der Waals surface area contributed by atoms with Crippen molar-refractivity contribution in [1.29, 1.82) is 0 Å². The Kier molecular flexibility index (Phi) is 5.43. The maximum atomic E-state index is 5.45. The molecule has 0 radical (unpaired) electrons. The van der Waals surface area contributed by atoms with Crippen LogP contribution in [0.3, 0.4) is 0 Å². The van der Waals surface area contributed by atoms with Crippen LogP contribution in [0.2, 0.25) is 0 Å². The minimum atomic E-state index is 0.767. The molecule has 1 fully saturated rings. The largest absolute Gasteiger partial charge is 0.464 e. The molecule has 1 saturated carbocycles. The Morgan fingerprint density at radius 1 is 0.846 bits per heavy atom. The first-order valence-corrected chi connectivity index (χ1v) is 10.4. The summed E-state index contributed by atoms with van der Waals surface area (Å²) < 4.78 is 5.45. The first-order valence-electron chi connectivity index (χ1n) is 10.4. The van der Waals surface area contributed by atoms with Gasteiger partial charge in [-0.15, -0.1) is 0 Å². The van der Waals surface area contributed by atoms with Gasteiger partial charge in [-0.05, 0) is 72.4 Å². The van der Waals surface area contributed by atoms with Crippen LogP contribution in [0.25, 0.3) is 22.1 Å². The van der Waals surface area contributed by atoms with Crippen LogP contribution in [0.5, 0.6) is 0 Å². The summed E-state index contributed by atoms with van der Waals surface area (Å²) in [5.41, 5.74) is 5.06. The summed E-state index contributed by atoms with van der Waals surface area (Å²) in [6.45, 7) is 2.30. The molecular weight excluding hydrogens is 316 g/mol. The third-order valence-corrected chi connectivity index (χ3v) is 6.23. The van der Waals surface area contributed by atoms with E-state index in [9.17, 15) is 0 Å². The maximum absolute atomic E-state index is 5.45. The number of rotatable bonds is 6. The Morgan fingerprint density at radius 2 is 1.62 bits per heavy atom. The molecule has 1 aromatic heterocycles. The SMILES string of the molecule is CCCCCC1CCC(c2ccc(-c3ccc4occc4c3)cc2)CC1. The zero-order chi connectivity index (χ0) is 17.8. The molecular formula is C25H30O. The van der Waals surface area contributed by atoms with E-state index >= 15 is 0 Å². The molecule has 0 atom stereocenters. The van der Waals surface area contributed by atoms with Crippen LogP contribution in [0.4, 0.5) is 0 Å². The monoisotopic (exact) mass is 346 g/mol. The topological polar surface area (TPSA) is 13.1 Å². The van der Waals surface area contributed by atoms with Gasteiger partial charge in [-0.1, -0.05) is 62.9 Å². The second-order valence-corrected chi connectivity index (χ2v) is 8.01. The summed E-state index contributed by atoms with van der Waals surface area (Å²) in [5.74, 6) is 1.75. The van der Waals surface area contributed by atoms with Crippen molar-refractivity contribution < 1.29 is 4.42 Å². The lowest BCUT2D eigenvalue weighted by Gasteiger charge is -2.29. The second-order valence-electron chi connectivity index (χ2n) is 8.01. The van der Waals surface area contributed by atoms with Gasteiger partial charge in [0.1, 0.15) is 5.58 Å². The van der Waals surface area contributed by atoms with Crippen molar-refractivity contribution in [2.75, 3.05) is 0 Å². The molecule has 4 rings (SSSR count). The van der Waals surface area contributed by atoms with Gasteiger partial charge in [-0.3, -0.25) is 0 Å². The highest BCUT2D eigenvalue weighted by molar-refractivity contribution is 5.83. The number of hydrogen-bond acceptors (Lipinski definition) is 1. The highest BCUT2D eigenvalue weighted by atomic mass is 16.3. The summed E-state index contributed by atoms with van der Waals surface area (Å²) in [7, 11) is 0. The van der Waals surface area contributed by atoms with E-state index in [1.54, 1.807) is 6.26 Å². The van der Waals surface area contributed by atoms with E-state index in [-0.39, 0.29) is 0 Å². The second kappa shape index (κ2) is 8.12. The fraction of sp³-hybridized carbons (Fsp3) is 0.440. The van der Waals surface area contributed by atoms with E-state index in [1.165, 1.54) is 73.4 Å². The lowest BCUT2D eigenvalue weighted by atomic mass is 9.77. The van der Waals surface area contributed by atoms with Crippen LogP contribution >= 0.6 is 0 Å². The number of benzene rings is 2. The number of fused-ring (bicyclic) bond motifs is 1. The number of hydrogen-bond donors (Lipinski definition) is 0. The van der Waals surface area contributed by atoms with Crippen LogP contribution in [0, 0.1) is 5.92 Å². The van der Waals surface area contributed by atoms with Gasteiger partial charge in [-0.25, -0.2) is 0 Å². The quantitative estimate of drug-likeness (QED) is 0.413. The number of furan rings is 1. The summed E-state index contributed by atoms with van der Waals surface area (Å²) in [6, 6.07) is 17.8. The third kappa shape index (κ3) is 3.87. The van der Waals surface area contributed by atoms with Gasteiger partial charge in [0.2, 0.25) is 0 Å². The zero-order valence-corrected chi connectivity index (χ0v) is 15.9. The summed E-state index contributed by atoms with van der Waals surface area (Å²) >= 11 is 0. The molecule has 136 valence electrons. The van der Waals surface area contributed by atoms with E-state index in [0.717, 1.165) is 17.4 Å². The van der Waals surface area contributed by atoms with Crippen LogP contribution in [-0.2, 0) is 0 Å². The summed E-state index contributed by atoms with van der Waals surface area (Å²) in [5, 5.41) is 1.17. The average molecular weight is 347 g/mol. The molecule has 0 unspecified atom stereocenters. The molecule has 0 saturated heterocycles. The molecule has 26 heavy (non-hydrogen) atoms. The van der Waals surface area contributed by atoms with Gasteiger partial charge < -0.3 is 4.42 Å². The van der Waals surface area contributed by atoms with Crippen LogP contribution < -0.4 is 0 Å². The highest BCUT2D eigenvalue weighted by Crippen LogP contribution is 2.38. The van der Waals surface area contributed by atoms with Crippen molar-refractivity contribution in [3.8, 4) is 11.1 Å². The Labute approximate surface area is 157 Å². The van der Waals surface area contributed by atoms with Gasteiger partial charge in [-0.2, -0.15) is 0 Å². The molecule has 2 aromatic carbocycles. The molecule has 0 bridgehead atoms. The van der Waals surface area contributed by atoms with E-state index in [4.69, 9.17) is 4.42 Å². The van der Waals surface area contributed by atoms with E-state index < -0.39 is 0 Å². The Hall–Kier alpha value is -2.02. The fourth-order valence-electron chi connectivity index (χ4n) is 4.56. The lowest BCUT2D eigenvalue weighted by Crippen LogP contribution is -2.13. The van der Waals surface area contributed by atoms with Gasteiger partial charge in [0.15, 0.2) is 0 Å². The Balaban J connectivity index is 1.39. The first-order chi connectivity index (χ1) is 12.8. The van der Waals surface area contributed by atoms with Crippen molar-refractivity contribution in [2.24, 2.45) is 5.92 Å². The molecule has 0 N–H and O–H groups in total. The fourth-order valence-corrected chi connectivity index (χ4v) is 4.56. The molecule has 0 aliphatic heterocycles. The van der Waals surface area contributed by atoms with Crippen molar-refractivity contribution in [2.45, 2.75) is 64.2 Å². The van der Waals surface area contributed by atoms with Gasteiger partial charge in [0.25, 0.3) is 0 Å². The van der Waals surface area contributed by atoms with Crippen molar-refractivity contribution in [3.63, 3.8) is 0 Å². The molecule has 1 heterocycles. The standard InChI is InChI=1S/C25H30O/c1-2-3-4-5-19-6-8-20(9-7-19)21-10-12-22(13-11-21)23-14-15-25-24(18-23)16-17-26-25/h10-20H,2-9H2,1H3. The third-order valence-electron chi connectivity index (χ3n) is 6.23. The Morgan fingerprint density at radius 3 is 2.38 bits per heavy atom. The Bertz CT molecular complexity index is 819. The predicted molar refractivity (Wildman–Crippen MR) is 110 cm³/mol. The smallest absolute Gasteiger partial charge is 0.133 e. The zero-order valence-electron chi connectivity index (χ0n) is 15.9. The molecule has 1 heteroatoms. The molecule has 3 aromatic rings. The van der Waals surface area contributed by atoms with Crippen LogP contribution in [0.15, 0.2) is 59.2 Å². The van der Waals surface area contributed by atoms with E-state index in [1.807, 2.05) is 6.07 Å². The van der Waals surface area contributed by atoms with Crippen molar-refractivity contribution in [1.82, 2.24) is 0 Å². The van der Waals surface area contributed by atoms with Gasteiger partial charge in [0.05, 0.1) is 6.26 Å². The molecule has 0 spiro atoms. The molecule has 0 amide bonds. The van der Waals surface area contributed by atoms with Crippen molar-refractivity contribution in [3.05, 3.63) is 60.4 Å². The van der Waals surface area contributed by atoms with Gasteiger partial charge in [0, 0.05) is 5.39 Å². The van der Waals surface area contributed by atoms with Gasteiger partial charge >= 0.3 is 0 Å². The normalized spacial score (nSPS) is 20.5. The summed E-state index contributed by atoms with van der Waals surface area (Å²) in [6.07, 6.45) is 13.0. The maximum Gasteiger partial charge on any atom is 0.133 e. The van der Waals surface area contributed by atoms with Crippen LogP contribution in [0.1, 0.15) is 69.8 Å². The van der Waals surface area contributed by atoms with Crippen molar-refractivity contribution >= 4 is 11.0 Å². The predicted octanol–water partition coefficient (Wildman–Crippen LogP) is 7.95. The first kappa shape index (κ1) is 17.4. The minimum Gasteiger partial charge on any atom is -0.464 e. The minimum absolute atomic E-state index is 0.767. The lowest BCUT2D eigenvalue weighted by molar-refractivity contribution is 0.303. The van der Waals surface area contributed by atoms with E-state index in [0.29, 0.717) is 0 Å². The summed E-state index contributed by atoms with van der Waals surface area (Å²) in [4.78, 5) is 0. The number of unbranched alkanes of at least 4 members (excludes halogenated alkanes) is 2. The van der Waals surface area contributed by atoms with Crippen LogP contribution in [-0.4, -0.2) is 0 Å². The molecule has 1 aliphatic carbocycles. The molecule has 1 nitrogen and oxygen atoms in total. The molecule has 1 aliphatic rings. The van der Waals surface area contributed by atoms with E-state index in [2.05, 4.69) is 49.4 Å². The highest BCUT2D eigenvalue weighted by Gasteiger charge is 2.22.